The van der Waals surface area contributed by atoms with Gasteiger partial charge in [-0.15, -0.1) is 0 Å². The monoisotopic (exact) mass is 494 g/mol. The minimum Gasteiger partial charge on any atom is -0.493 e. The normalized spacial score (nSPS) is 32.3. The summed E-state index contributed by atoms with van der Waals surface area (Å²) in [6.07, 6.45) is 9.29. The molecule has 1 aliphatic heterocycles. The maximum Gasteiger partial charge on any atom is 0.137 e. The predicted octanol–water partition coefficient (Wildman–Crippen LogP) is 5.17. The van der Waals surface area contributed by atoms with Crippen molar-refractivity contribution in [1.29, 1.82) is 0 Å². The smallest absolute Gasteiger partial charge is 0.137 e. The van der Waals surface area contributed by atoms with E-state index in [1.54, 1.807) is 12.4 Å². The predicted molar refractivity (Wildman–Crippen MR) is 144 cm³/mol. The van der Waals surface area contributed by atoms with Gasteiger partial charge in [0, 0.05) is 67.8 Å². The van der Waals surface area contributed by atoms with E-state index in [4.69, 9.17) is 4.74 Å². The molecule has 0 saturated heterocycles. The number of allylic oxidation sites excluding steroid dienone is 2. The Hall–Kier alpha value is -3.36. The number of hydrogen-bond acceptors (Lipinski definition) is 5. The zero-order valence-corrected chi connectivity index (χ0v) is 21.8. The van der Waals surface area contributed by atoms with Crippen molar-refractivity contribution in [3.05, 3.63) is 82.9 Å². The van der Waals surface area contributed by atoms with Gasteiger partial charge in [-0.3, -0.25) is 9.78 Å². The number of nitrogens with zero attached hydrogens (tertiary/aromatic N) is 2. The van der Waals surface area contributed by atoms with Crippen molar-refractivity contribution in [3.63, 3.8) is 0 Å². The van der Waals surface area contributed by atoms with E-state index in [1.165, 1.54) is 16.7 Å². The lowest BCUT2D eigenvalue weighted by atomic mass is 9.55. The Morgan fingerprint density at radius 2 is 1.97 bits per heavy atom. The second-order valence-corrected chi connectivity index (χ2v) is 11.5. The molecule has 0 radical (unpaired) electrons. The summed E-state index contributed by atoms with van der Waals surface area (Å²) in [7, 11) is 4.10. The molecule has 1 N–H and O–H groups in total. The molecule has 4 aliphatic rings. The number of carbonyl (C=O) groups is 1. The maximum absolute atomic E-state index is 12.3. The molecule has 3 fully saturated rings. The van der Waals surface area contributed by atoms with Crippen LogP contribution in [0.1, 0.15) is 62.5 Å². The molecule has 0 spiro atoms. The average molecular weight is 495 g/mol. The summed E-state index contributed by atoms with van der Waals surface area (Å²) < 4.78 is 6.50. The SMILES string of the molecule is CN(C)c1ccc(C2C[C@@]3(C)[C@@H](CC[C@@]3(O)C#Cc3cccnc3)[C@@H]3OC=C4CC(=O)CCC4=C23)cc1. The highest BCUT2D eigenvalue weighted by Gasteiger charge is 2.63. The van der Waals surface area contributed by atoms with Crippen LogP contribution >= 0.6 is 0 Å². The van der Waals surface area contributed by atoms with Gasteiger partial charge in [-0.05, 0) is 72.2 Å². The van der Waals surface area contributed by atoms with Gasteiger partial charge < -0.3 is 14.7 Å². The van der Waals surface area contributed by atoms with Crippen molar-refractivity contribution in [1.82, 2.24) is 4.98 Å². The van der Waals surface area contributed by atoms with Crippen LogP contribution in [0.25, 0.3) is 0 Å². The van der Waals surface area contributed by atoms with Gasteiger partial charge in [0.25, 0.3) is 0 Å². The Labute approximate surface area is 219 Å². The molecular formula is C32H34N2O3. The van der Waals surface area contributed by atoms with Crippen LogP contribution in [0.4, 0.5) is 5.69 Å². The molecule has 5 heteroatoms. The van der Waals surface area contributed by atoms with E-state index >= 15 is 0 Å². The first-order valence-corrected chi connectivity index (χ1v) is 13.3. The summed E-state index contributed by atoms with van der Waals surface area (Å²) in [5.74, 6) is 7.04. The Bertz CT molecular complexity index is 1350. The fraction of sp³-hybridized carbons (Fsp3) is 0.438. The van der Waals surface area contributed by atoms with Gasteiger partial charge in [0.1, 0.15) is 17.5 Å². The second-order valence-electron chi connectivity index (χ2n) is 11.5. The molecule has 190 valence electrons. The van der Waals surface area contributed by atoms with Crippen molar-refractivity contribution < 1.29 is 14.6 Å². The molecule has 0 amide bonds. The lowest BCUT2D eigenvalue weighted by Gasteiger charge is -2.52. The van der Waals surface area contributed by atoms with E-state index in [9.17, 15) is 9.90 Å². The average Bonchev–Trinajstić information content (AvgIpc) is 3.17. The third-order valence-electron chi connectivity index (χ3n) is 9.28. The number of aliphatic hydroxyl groups is 1. The van der Waals surface area contributed by atoms with Crippen LogP contribution < -0.4 is 4.90 Å². The fourth-order valence-electron chi connectivity index (χ4n) is 7.13. The first-order valence-electron chi connectivity index (χ1n) is 13.3. The zero-order chi connectivity index (χ0) is 25.8. The lowest BCUT2D eigenvalue weighted by Crippen LogP contribution is -2.53. The van der Waals surface area contributed by atoms with Crippen LogP contribution in [-0.4, -0.2) is 41.7 Å². The molecule has 37 heavy (non-hydrogen) atoms. The van der Waals surface area contributed by atoms with E-state index in [2.05, 4.69) is 52.9 Å². The standard InChI is InChI=1S/C32H34N2O3/c1-31-18-27(22-6-8-24(9-7-22)34(2)3)29-26-11-10-25(35)17-23(26)20-37-30(29)28(31)13-15-32(31,36)14-12-21-5-4-16-33-19-21/h4-9,16,19-20,27-28,30,36H,10-11,13,15,17-18H2,1-3H3/t27?,28-,30-,31-,32-/m0/s1. The first kappa shape index (κ1) is 24.0. The molecular weight excluding hydrogens is 460 g/mol. The van der Waals surface area contributed by atoms with E-state index in [0.717, 1.165) is 36.1 Å². The Balaban J connectivity index is 1.45. The van der Waals surface area contributed by atoms with E-state index in [-0.39, 0.29) is 23.7 Å². The molecule has 3 aliphatic carbocycles. The molecule has 1 aromatic carbocycles. The summed E-state index contributed by atoms with van der Waals surface area (Å²) in [4.78, 5) is 18.5. The van der Waals surface area contributed by atoms with Crippen molar-refractivity contribution in [2.24, 2.45) is 11.3 Å². The minimum atomic E-state index is -1.12. The molecule has 1 aromatic heterocycles. The molecule has 2 heterocycles. The molecule has 2 aromatic rings. The van der Waals surface area contributed by atoms with Gasteiger partial charge in [0.05, 0.1) is 6.26 Å². The Kier molecular flexibility index (Phi) is 5.76. The number of fused-ring (bicyclic) bond motifs is 4. The number of carbonyl (C=O) groups excluding carboxylic acids is 1. The Morgan fingerprint density at radius 3 is 2.70 bits per heavy atom. The first-order chi connectivity index (χ1) is 17.8. The van der Waals surface area contributed by atoms with Gasteiger partial charge in [-0.25, -0.2) is 0 Å². The molecule has 6 rings (SSSR count). The quantitative estimate of drug-likeness (QED) is 0.584. The minimum absolute atomic E-state index is 0.0965. The van der Waals surface area contributed by atoms with Crippen molar-refractivity contribution in [2.45, 2.75) is 63.1 Å². The zero-order valence-electron chi connectivity index (χ0n) is 21.8. The van der Waals surface area contributed by atoms with Gasteiger partial charge in [0.15, 0.2) is 0 Å². The van der Waals surface area contributed by atoms with E-state index in [0.29, 0.717) is 19.3 Å². The topological polar surface area (TPSA) is 62.7 Å². The number of aromatic nitrogens is 1. The number of ketones is 1. The molecule has 5 nitrogen and oxygen atoms in total. The van der Waals surface area contributed by atoms with Crippen molar-refractivity contribution in [2.75, 3.05) is 19.0 Å². The van der Waals surface area contributed by atoms with Crippen LogP contribution in [0, 0.1) is 23.2 Å². The summed E-state index contributed by atoms with van der Waals surface area (Å²) in [5.41, 5.74) is 5.32. The van der Waals surface area contributed by atoms with Crippen LogP contribution in [-0.2, 0) is 9.53 Å². The Morgan fingerprint density at radius 1 is 1.16 bits per heavy atom. The number of hydrogen-bond donors (Lipinski definition) is 1. The number of rotatable bonds is 2. The van der Waals surface area contributed by atoms with Crippen molar-refractivity contribution in [3.8, 4) is 11.8 Å². The highest BCUT2D eigenvalue weighted by molar-refractivity contribution is 5.84. The van der Waals surface area contributed by atoms with Crippen molar-refractivity contribution >= 4 is 11.5 Å². The molecule has 0 bridgehead atoms. The number of anilines is 1. The summed E-state index contributed by atoms with van der Waals surface area (Å²) >= 11 is 0. The maximum atomic E-state index is 12.3. The second kappa shape index (κ2) is 8.89. The number of benzene rings is 1. The van der Waals surface area contributed by atoms with Gasteiger partial charge in [-0.1, -0.05) is 30.9 Å². The highest BCUT2D eigenvalue weighted by atomic mass is 16.5. The summed E-state index contributed by atoms with van der Waals surface area (Å²) in [5, 5.41) is 12.1. The summed E-state index contributed by atoms with van der Waals surface area (Å²) in [6, 6.07) is 12.6. The van der Waals surface area contributed by atoms with E-state index < -0.39 is 11.0 Å². The van der Waals surface area contributed by atoms with Crippen LogP contribution in [0.3, 0.4) is 0 Å². The molecule has 5 atom stereocenters. The number of Topliss-reactive ketones (excluding diaryl/α,β-unsaturated/α-hetero) is 1. The van der Waals surface area contributed by atoms with Gasteiger partial charge >= 0.3 is 0 Å². The highest BCUT2D eigenvalue weighted by Crippen LogP contribution is 2.64. The number of ether oxygens (including phenoxy) is 1. The van der Waals surface area contributed by atoms with Crippen LogP contribution in [0.2, 0.25) is 0 Å². The van der Waals surface area contributed by atoms with Crippen LogP contribution in [0.15, 0.2) is 71.8 Å². The van der Waals surface area contributed by atoms with E-state index in [1.807, 2.05) is 32.5 Å². The summed E-state index contributed by atoms with van der Waals surface area (Å²) in [6.45, 7) is 2.21. The molecule has 1 unspecified atom stereocenters. The number of pyridine rings is 1. The van der Waals surface area contributed by atoms with Crippen LogP contribution in [0.5, 0.6) is 0 Å². The largest absolute Gasteiger partial charge is 0.493 e. The lowest BCUT2D eigenvalue weighted by molar-refractivity contribution is -0.119. The third-order valence-corrected chi connectivity index (χ3v) is 9.28. The van der Waals surface area contributed by atoms with Gasteiger partial charge in [-0.2, -0.15) is 0 Å². The third kappa shape index (κ3) is 3.90. The van der Waals surface area contributed by atoms with Gasteiger partial charge in [0.2, 0.25) is 0 Å². The molecule has 3 saturated carbocycles. The fourth-order valence-corrected chi connectivity index (χ4v) is 7.13.